The van der Waals surface area contributed by atoms with Gasteiger partial charge in [0.25, 0.3) is 0 Å². The number of likely N-dealkylation sites (tertiary alicyclic amines) is 3. The monoisotopic (exact) mass is 279 g/mol. The van der Waals surface area contributed by atoms with Crippen LogP contribution in [0.25, 0.3) is 0 Å². The van der Waals surface area contributed by atoms with Crippen molar-refractivity contribution in [1.29, 1.82) is 0 Å². The van der Waals surface area contributed by atoms with Crippen LogP contribution in [0.5, 0.6) is 0 Å². The van der Waals surface area contributed by atoms with E-state index in [1.54, 1.807) is 0 Å². The third-order valence-corrected chi connectivity index (χ3v) is 5.36. The number of rotatable bonds is 4. The lowest BCUT2D eigenvalue weighted by molar-refractivity contribution is -0.128. The van der Waals surface area contributed by atoms with Crippen molar-refractivity contribution in [3.05, 3.63) is 0 Å². The topological polar surface area (TPSA) is 26.8 Å². The molecule has 1 amide bonds. The van der Waals surface area contributed by atoms with E-state index in [9.17, 15) is 4.79 Å². The number of carbonyl (C=O) groups is 1. The Balaban J connectivity index is 1.37. The number of carbonyl (C=O) groups excluding carboxylic acids is 1. The molecule has 4 nitrogen and oxygen atoms in total. The maximum absolute atomic E-state index is 11.7. The maximum Gasteiger partial charge on any atom is 0.222 e. The maximum atomic E-state index is 11.7. The average Bonchev–Trinajstić information content (AvgIpc) is 3.02. The summed E-state index contributed by atoms with van der Waals surface area (Å²) in [5.41, 5.74) is 0. The lowest BCUT2D eigenvalue weighted by Gasteiger charge is -2.35. The predicted molar refractivity (Wildman–Crippen MR) is 80.6 cm³/mol. The number of amides is 1. The van der Waals surface area contributed by atoms with Gasteiger partial charge in [0.1, 0.15) is 0 Å². The van der Waals surface area contributed by atoms with Crippen LogP contribution >= 0.6 is 0 Å². The third-order valence-electron chi connectivity index (χ3n) is 5.36. The van der Waals surface area contributed by atoms with Crippen LogP contribution < -0.4 is 0 Å². The summed E-state index contributed by atoms with van der Waals surface area (Å²) in [4.78, 5) is 18.9. The lowest BCUT2D eigenvalue weighted by Crippen LogP contribution is -2.41. The Bertz CT molecular complexity index is 339. The number of hydrogen-bond donors (Lipinski definition) is 0. The van der Waals surface area contributed by atoms with Crippen LogP contribution in [0.3, 0.4) is 0 Å². The highest BCUT2D eigenvalue weighted by atomic mass is 16.2. The van der Waals surface area contributed by atoms with Gasteiger partial charge in [-0.3, -0.25) is 4.79 Å². The van der Waals surface area contributed by atoms with Crippen molar-refractivity contribution in [1.82, 2.24) is 14.7 Å². The van der Waals surface area contributed by atoms with Crippen molar-refractivity contribution in [2.75, 3.05) is 52.9 Å². The summed E-state index contributed by atoms with van der Waals surface area (Å²) in [6.45, 7) is 8.37. The number of hydrogen-bond acceptors (Lipinski definition) is 3. The molecule has 0 bridgehead atoms. The van der Waals surface area contributed by atoms with Crippen molar-refractivity contribution in [3.8, 4) is 0 Å². The fourth-order valence-corrected chi connectivity index (χ4v) is 4.10. The molecule has 3 saturated heterocycles. The molecule has 0 aromatic heterocycles. The highest BCUT2D eigenvalue weighted by Crippen LogP contribution is 2.23. The molecule has 1 unspecified atom stereocenters. The van der Waals surface area contributed by atoms with Crippen molar-refractivity contribution < 1.29 is 4.79 Å². The first-order valence-electron chi connectivity index (χ1n) is 8.39. The molecule has 0 aromatic rings. The minimum absolute atomic E-state index is 0.390. The van der Waals surface area contributed by atoms with Gasteiger partial charge in [-0.15, -0.1) is 0 Å². The van der Waals surface area contributed by atoms with Crippen molar-refractivity contribution in [3.63, 3.8) is 0 Å². The Morgan fingerprint density at radius 3 is 2.35 bits per heavy atom. The predicted octanol–water partition coefficient (Wildman–Crippen LogP) is 1.27. The molecule has 3 fully saturated rings. The number of piperidine rings is 1. The van der Waals surface area contributed by atoms with E-state index in [1.165, 1.54) is 52.0 Å². The average molecular weight is 279 g/mol. The van der Waals surface area contributed by atoms with E-state index >= 15 is 0 Å². The van der Waals surface area contributed by atoms with Gasteiger partial charge in [0, 0.05) is 32.6 Å². The van der Waals surface area contributed by atoms with Crippen LogP contribution in [0.2, 0.25) is 0 Å². The minimum atomic E-state index is 0.390. The minimum Gasteiger partial charge on any atom is -0.342 e. The normalized spacial score (nSPS) is 30.6. The fraction of sp³-hybridized carbons (Fsp3) is 0.938. The van der Waals surface area contributed by atoms with E-state index in [1.807, 2.05) is 0 Å². The van der Waals surface area contributed by atoms with E-state index in [4.69, 9.17) is 0 Å². The van der Waals surface area contributed by atoms with E-state index in [0.717, 1.165) is 37.8 Å². The van der Waals surface area contributed by atoms with Crippen LogP contribution in [-0.2, 0) is 4.79 Å². The molecule has 3 aliphatic heterocycles. The van der Waals surface area contributed by atoms with Gasteiger partial charge in [-0.05, 0) is 64.2 Å². The van der Waals surface area contributed by atoms with Crippen LogP contribution in [0.15, 0.2) is 0 Å². The fourth-order valence-electron chi connectivity index (χ4n) is 4.10. The Hall–Kier alpha value is -0.610. The molecule has 3 aliphatic rings. The Morgan fingerprint density at radius 2 is 1.75 bits per heavy atom. The van der Waals surface area contributed by atoms with E-state index in [-0.39, 0.29) is 0 Å². The first kappa shape index (κ1) is 14.3. The summed E-state index contributed by atoms with van der Waals surface area (Å²) in [7, 11) is 2.24. The molecule has 0 N–H and O–H groups in total. The van der Waals surface area contributed by atoms with Gasteiger partial charge in [0.15, 0.2) is 0 Å². The largest absolute Gasteiger partial charge is 0.342 e. The molecule has 1 atom stereocenters. The summed E-state index contributed by atoms with van der Waals surface area (Å²) in [5.74, 6) is 2.03. The highest BCUT2D eigenvalue weighted by Gasteiger charge is 2.28. The Labute approximate surface area is 123 Å². The van der Waals surface area contributed by atoms with Crippen LogP contribution in [0.1, 0.15) is 32.1 Å². The quantitative estimate of drug-likeness (QED) is 0.775. The van der Waals surface area contributed by atoms with Crippen molar-refractivity contribution in [2.24, 2.45) is 11.8 Å². The summed E-state index contributed by atoms with van der Waals surface area (Å²) < 4.78 is 0. The van der Waals surface area contributed by atoms with Crippen molar-refractivity contribution in [2.45, 2.75) is 32.1 Å². The smallest absolute Gasteiger partial charge is 0.222 e. The van der Waals surface area contributed by atoms with Gasteiger partial charge >= 0.3 is 0 Å². The van der Waals surface area contributed by atoms with E-state index in [0.29, 0.717) is 5.91 Å². The number of nitrogens with zero attached hydrogens (tertiary/aromatic N) is 3. The molecule has 0 spiro atoms. The molecule has 0 aliphatic carbocycles. The molecule has 3 rings (SSSR count). The van der Waals surface area contributed by atoms with Gasteiger partial charge in [0.05, 0.1) is 0 Å². The lowest BCUT2D eigenvalue weighted by atomic mass is 9.95. The second-order valence-electron chi connectivity index (χ2n) is 7.10. The first-order valence-corrected chi connectivity index (χ1v) is 8.39. The summed E-state index contributed by atoms with van der Waals surface area (Å²) in [6.07, 6.45) is 5.80. The molecule has 114 valence electrons. The zero-order valence-corrected chi connectivity index (χ0v) is 12.9. The van der Waals surface area contributed by atoms with Crippen LogP contribution in [-0.4, -0.2) is 73.5 Å². The van der Waals surface area contributed by atoms with Gasteiger partial charge in [-0.2, -0.15) is 0 Å². The Morgan fingerprint density at radius 1 is 1.00 bits per heavy atom. The second kappa shape index (κ2) is 6.44. The van der Waals surface area contributed by atoms with Gasteiger partial charge in [-0.1, -0.05) is 0 Å². The van der Waals surface area contributed by atoms with Crippen LogP contribution in [0, 0.1) is 11.8 Å². The van der Waals surface area contributed by atoms with E-state index in [2.05, 4.69) is 21.7 Å². The molecule has 4 heteroatoms. The van der Waals surface area contributed by atoms with Crippen molar-refractivity contribution >= 4 is 5.91 Å². The second-order valence-corrected chi connectivity index (χ2v) is 7.10. The highest BCUT2D eigenvalue weighted by molar-refractivity contribution is 5.78. The molecule has 3 heterocycles. The SMILES string of the molecule is CN1CCC(CN2CCC(CN3CCCC3=O)CC2)C1. The summed E-state index contributed by atoms with van der Waals surface area (Å²) in [6, 6.07) is 0. The zero-order chi connectivity index (χ0) is 13.9. The first-order chi connectivity index (χ1) is 9.70. The third kappa shape index (κ3) is 3.53. The summed E-state index contributed by atoms with van der Waals surface area (Å²) in [5, 5.41) is 0. The standard InChI is InChI=1S/C16H29N3O/c1-17-8-4-15(11-17)12-18-9-5-14(6-10-18)13-19-7-2-3-16(19)20/h14-15H,2-13H2,1H3. The molecule has 0 radical (unpaired) electrons. The van der Waals surface area contributed by atoms with Crippen LogP contribution in [0.4, 0.5) is 0 Å². The Kier molecular flexibility index (Phi) is 4.61. The van der Waals surface area contributed by atoms with Gasteiger partial charge in [0.2, 0.25) is 5.91 Å². The molecule has 0 aromatic carbocycles. The van der Waals surface area contributed by atoms with Gasteiger partial charge < -0.3 is 14.7 Å². The van der Waals surface area contributed by atoms with E-state index < -0.39 is 0 Å². The molecule has 0 saturated carbocycles. The summed E-state index contributed by atoms with van der Waals surface area (Å²) >= 11 is 0. The molecule has 20 heavy (non-hydrogen) atoms. The van der Waals surface area contributed by atoms with Gasteiger partial charge in [-0.25, -0.2) is 0 Å². The molecular weight excluding hydrogens is 250 g/mol. The zero-order valence-electron chi connectivity index (χ0n) is 12.9. The molecular formula is C16H29N3O.